The van der Waals surface area contributed by atoms with Crippen molar-refractivity contribution in [1.82, 2.24) is 10.3 Å². The van der Waals surface area contributed by atoms with Gasteiger partial charge in [-0.15, -0.1) is 11.3 Å². The maximum absolute atomic E-state index is 5.47. The summed E-state index contributed by atoms with van der Waals surface area (Å²) in [5.41, 5.74) is 1.16. The molecule has 108 valence electrons. The highest BCUT2D eigenvalue weighted by atomic mass is 32.1. The van der Waals surface area contributed by atoms with Crippen LogP contribution in [0.5, 0.6) is 0 Å². The first kappa shape index (κ1) is 14.8. The van der Waals surface area contributed by atoms with Crippen LogP contribution >= 0.6 is 11.3 Å². The van der Waals surface area contributed by atoms with Gasteiger partial charge < -0.3 is 15.0 Å². The predicted molar refractivity (Wildman–Crippen MR) is 81.1 cm³/mol. The molecule has 1 aromatic rings. The summed E-state index contributed by atoms with van der Waals surface area (Å²) in [6.07, 6.45) is 3.87. The van der Waals surface area contributed by atoms with Crippen molar-refractivity contribution in [1.29, 1.82) is 0 Å². The molecule has 0 saturated carbocycles. The van der Waals surface area contributed by atoms with Crippen molar-refractivity contribution in [3.63, 3.8) is 0 Å². The van der Waals surface area contributed by atoms with Crippen molar-refractivity contribution < 1.29 is 4.74 Å². The third-order valence-electron chi connectivity index (χ3n) is 3.64. The molecule has 0 bridgehead atoms. The number of nitrogens with zero attached hydrogens (tertiary/aromatic N) is 2. The highest BCUT2D eigenvalue weighted by Gasteiger charge is 2.22. The van der Waals surface area contributed by atoms with Crippen molar-refractivity contribution in [2.45, 2.75) is 45.3 Å². The predicted octanol–water partition coefficient (Wildman–Crippen LogP) is 2.82. The smallest absolute Gasteiger partial charge is 0.185 e. The molecule has 1 aliphatic heterocycles. The lowest BCUT2D eigenvalue weighted by Crippen LogP contribution is -2.39. The lowest BCUT2D eigenvalue weighted by atomic mass is 10.1. The SMILES string of the molecule is CCCNC(C)c1csc(N2CCCC(OC)C2)n1. The molecular formula is C14H25N3OS. The fraction of sp³-hybridized carbons (Fsp3) is 0.786. The summed E-state index contributed by atoms with van der Waals surface area (Å²) in [7, 11) is 1.80. The lowest BCUT2D eigenvalue weighted by Gasteiger charge is -2.31. The summed E-state index contributed by atoms with van der Waals surface area (Å²) in [5, 5.41) is 6.81. The Balaban J connectivity index is 1.96. The number of anilines is 1. The first-order valence-corrected chi connectivity index (χ1v) is 8.09. The second-order valence-corrected chi connectivity index (χ2v) is 6.01. The van der Waals surface area contributed by atoms with E-state index in [1.165, 1.54) is 12.8 Å². The van der Waals surface area contributed by atoms with E-state index in [2.05, 4.69) is 29.4 Å². The van der Waals surface area contributed by atoms with Gasteiger partial charge in [0.05, 0.1) is 11.8 Å². The van der Waals surface area contributed by atoms with Gasteiger partial charge in [-0.05, 0) is 32.7 Å². The minimum atomic E-state index is 0.341. The standard InChI is InChI=1S/C14H25N3OS/c1-4-7-15-11(2)13-10-19-14(16-13)17-8-5-6-12(9-17)18-3/h10-12,15H,4-9H2,1-3H3. The van der Waals surface area contributed by atoms with E-state index in [0.29, 0.717) is 12.1 Å². The molecule has 1 aliphatic rings. The number of methoxy groups -OCH3 is 1. The van der Waals surface area contributed by atoms with Gasteiger partial charge in [-0.1, -0.05) is 6.92 Å². The maximum atomic E-state index is 5.47. The molecule has 1 fully saturated rings. The number of rotatable bonds is 6. The van der Waals surface area contributed by atoms with Gasteiger partial charge in [0.15, 0.2) is 5.13 Å². The van der Waals surface area contributed by atoms with Crippen molar-refractivity contribution in [2.24, 2.45) is 0 Å². The number of nitrogens with one attached hydrogen (secondary N) is 1. The Hall–Kier alpha value is -0.650. The van der Waals surface area contributed by atoms with E-state index in [-0.39, 0.29) is 0 Å². The molecule has 2 atom stereocenters. The molecule has 2 rings (SSSR count). The summed E-state index contributed by atoms with van der Waals surface area (Å²) < 4.78 is 5.47. The van der Waals surface area contributed by atoms with Gasteiger partial charge in [-0.25, -0.2) is 4.98 Å². The average Bonchev–Trinajstić information content (AvgIpc) is 2.94. The van der Waals surface area contributed by atoms with Gasteiger partial charge in [0.25, 0.3) is 0 Å². The van der Waals surface area contributed by atoms with Gasteiger partial charge in [0.2, 0.25) is 0 Å². The van der Waals surface area contributed by atoms with E-state index in [0.717, 1.165) is 36.9 Å². The van der Waals surface area contributed by atoms with Gasteiger partial charge in [0, 0.05) is 31.6 Å². The molecule has 0 radical (unpaired) electrons. The van der Waals surface area contributed by atoms with Gasteiger partial charge >= 0.3 is 0 Å². The molecule has 1 N–H and O–H groups in total. The third-order valence-corrected chi connectivity index (χ3v) is 4.56. The van der Waals surface area contributed by atoms with Crippen molar-refractivity contribution >= 4 is 16.5 Å². The van der Waals surface area contributed by atoms with E-state index in [4.69, 9.17) is 9.72 Å². The fourth-order valence-electron chi connectivity index (χ4n) is 2.39. The number of aromatic nitrogens is 1. The fourth-order valence-corrected chi connectivity index (χ4v) is 3.35. The summed E-state index contributed by atoms with van der Waals surface area (Å²) >= 11 is 1.75. The third kappa shape index (κ3) is 3.91. The molecule has 1 aromatic heterocycles. The summed E-state index contributed by atoms with van der Waals surface area (Å²) in [4.78, 5) is 7.14. The largest absolute Gasteiger partial charge is 0.380 e. The Morgan fingerprint density at radius 3 is 3.21 bits per heavy atom. The van der Waals surface area contributed by atoms with E-state index in [9.17, 15) is 0 Å². The van der Waals surface area contributed by atoms with Crippen LogP contribution in [0.3, 0.4) is 0 Å². The number of thiazole rings is 1. The van der Waals surface area contributed by atoms with Crippen LogP contribution in [-0.4, -0.2) is 37.8 Å². The van der Waals surface area contributed by atoms with Crippen LogP contribution in [0.15, 0.2) is 5.38 Å². The quantitative estimate of drug-likeness (QED) is 0.871. The molecule has 2 heterocycles. The zero-order valence-corrected chi connectivity index (χ0v) is 13.0. The second-order valence-electron chi connectivity index (χ2n) is 5.18. The van der Waals surface area contributed by atoms with E-state index >= 15 is 0 Å². The highest BCUT2D eigenvalue weighted by molar-refractivity contribution is 7.13. The topological polar surface area (TPSA) is 37.4 Å². The number of hydrogen-bond acceptors (Lipinski definition) is 5. The monoisotopic (exact) mass is 283 g/mol. The first-order chi connectivity index (χ1) is 9.24. The number of ether oxygens (including phenoxy) is 1. The van der Waals surface area contributed by atoms with Gasteiger partial charge in [-0.3, -0.25) is 0 Å². The molecule has 5 heteroatoms. The molecule has 0 aromatic carbocycles. The van der Waals surface area contributed by atoms with Crippen molar-refractivity contribution in [3.8, 4) is 0 Å². The maximum Gasteiger partial charge on any atom is 0.185 e. The normalized spacial score (nSPS) is 21.6. The first-order valence-electron chi connectivity index (χ1n) is 7.21. The zero-order valence-electron chi connectivity index (χ0n) is 12.2. The lowest BCUT2D eigenvalue weighted by molar-refractivity contribution is 0.0893. The van der Waals surface area contributed by atoms with Crippen LogP contribution in [0.2, 0.25) is 0 Å². The minimum Gasteiger partial charge on any atom is -0.380 e. The van der Waals surface area contributed by atoms with Crippen molar-refractivity contribution in [3.05, 3.63) is 11.1 Å². The summed E-state index contributed by atoms with van der Waals surface area (Å²) in [6.45, 7) is 7.49. The van der Waals surface area contributed by atoms with Gasteiger partial charge in [0.1, 0.15) is 0 Å². The second kappa shape index (κ2) is 7.22. The highest BCUT2D eigenvalue weighted by Crippen LogP contribution is 2.27. The van der Waals surface area contributed by atoms with E-state index in [1.54, 1.807) is 18.4 Å². The van der Waals surface area contributed by atoms with E-state index in [1.807, 2.05) is 0 Å². The molecule has 1 saturated heterocycles. The van der Waals surface area contributed by atoms with Gasteiger partial charge in [-0.2, -0.15) is 0 Å². The minimum absolute atomic E-state index is 0.341. The zero-order chi connectivity index (χ0) is 13.7. The number of piperidine rings is 1. The molecule has 2 unspecified atom stereocenters. The van der Waals surface area contributed by atoms with Crippen LogP contribution in [0.1, 0.15) is 44.8 Å². The van der Waals surface area contributed by atoms with E-state index < -0.39 is 0 Å². The van der Waals surface area contributed by atoms with Crippen LogP contribution in [0.25, 0.3) is 0 Å². The molecular weight excluding hydrogens is 258 g/mol. The van der Waals surface area contributed by atoms with Crippen molar-refractivity contribution in [2.75, 3.05) is 31.6 Å². The molecule has 19 heavy (non-hydrogen) atoms. The Labute approximate surface area is 120 Å². The van der Waals surface area contributed by atoms with Crippen LogP contribution in [0, 0.1) is 0 Å². The molecule has 4 nitrogen and oxygen atoms in total. The molecule has 0 amide bonds. The number of hydrogen-bond donors (Lipinski definition) is 1. The average molecular weight is 283 g/mol. The summed E-state index contributed by atoms with van der Waals surface area (Å²) in [6, 6.07) is 0.341. The Morgan fingerprint density at radius 1 is 1.63 bits per heavy atom. The Kier molecular flexibility index (Phi) is 5.60. The Morgan fingerprint density at radius 2 is 2.47 bits per heavy atom. The van der Waals surface area contributed by atoms with Crippen LogP contribution in [-0.2, 0) is 4.74 Å². The Bertz CT molecular complexity index is 383. The van der Waals surface area contributed by atoms with Crippen LogP contribution in [0.4, 0.5) is 5.13 Å². The summed E-state index contributed by atoms with van der Waals surface area (Å²) in [5.74, 6) is 0. The van der Waals surface area contributed by atoms with Crippen LogP contribution < -0.4 is 10.2 Å². The molecule has 0 spiro atoms. The molecule has 0 aliphatic carbocycles.